The monoisotopic (exact) mass is 260 g/mol. The van der Waals surface area contributed by atoms with Crippen LogP contribution >= 0.6 is 11.3 Å². The lowest BCUT2D eigenvalue weighted by Crippen LogP contribution is -2.43. The van der Waals surface area contributed by atoms with Crippen LogP contribution in [0.15, 0.2) is 5.38 Å². The largest absolute Gasteiger partial charge is 0.393 e. The second-order valence-corrected chi connectivity index (χ2v) is 4.63. The molecule has 1 aromatic rings. The van der Waals surface area contributed by atoms with E-state index >= 15 is 0 Å². The average molecular weight is 260 g/mol. The van der Waals surface area contributed by atoms with E-state index in [0.717, 1.165) is 11.3 Å². The summed E-state index contributed by atoms with van der Waals surface area (Å²) < 4.78 is 5.24. The van der Waals surface area contributed by atoms with E-state index in [9.17, 15) is 20.1 Å². The first-order chi connectivity index (χ1) is 8.01. The van der Waals surface area contributed by atoms with E-state index in [2.05, 4.69) is 4.98 Å². The third kappa shape index (κ3) is 1.83. The van der Waals surface area contributed by atoms with Gasteiger partial charge in [-0.3, -0.25) is 4.79 Å². The molecule has 0 saturated carbocycles. The number of hydrogen-bond acceptors (Lipinski definition) is 7. The number of carbonyl (C=O) groups is 1. The fourth-order valence-electron chi connectivity index (χ4n) is 1.70. The number of aliphatic hydroxyl groups excluding tert-OH is 3. The molecule has 1 amide bonds. The lowest BCUT2D eigenvalue weighted by Gasteiger charge is -2.27. The molecule has 94 valence electrons. The van der Waals surface area contributed by atoms with Crippen molar-refractivity contribution in [3.05, 3.63) is 16.1 Å². The molecule has 1 aromatic heterocycles. The molecule has 5 N–H and O–H groups in total. The van der Waals surface area contributed by atoms with Gasteiger partial charge in [-0.15, -0.1) is 11.3 Å². The lowest BCUT2D eigenvalue weighted by atomic mass is 9.97. The van der Waals surface area contributed by atoms with Crippen LogP contribution in [0.3, 0.4) is 0 Å². The van der Waals surface area contributed by atoms with E-state index in [4.69, 9.17) is 10.5 Å². The summed E-state index contributed by atoms with van der Waals surface area (Å²) in [7, 11) is 0. The summed E-state index contributed by atoms with van der Waals surface area (Å²) in [6.07, 6.45) is -2.39. The SMILES string of the molecule is NC(=O)c1csc([C@@]2(CO)OC[C@H](O)[C@@H]2O)n1. The molecular formula is C9H12N2O5S. The zero-order valence-corrected chi connectivity index (χ0v) is 9.55. The number of rotatable bonds is 3. The molecule has 2 heterocycles. The molecule has 7 nitrogen and oxygen atoms in total. The third-order valence-corrected chi connectivity index (χ3v) is 3.71. The van der Waals surface area contributed by atoms with Gasteiger partial charge >= 0.3 is 0 Å². The zero-order valence-electron chi connectivity index (χ0n) is 8.74. The number of thiazole rings is 1. The van der Waals surface area contributed by atoms with Crippen molar-refractivity contribution in [2.75, 3.05) is 13.2 Å². The molecule has 8 heteroatoms. The first-order valence-electron chi connectivity index (χ1n) is 4.88. The third-order valence-electron chi connectivity index (χ3n) is 2.71. The molecule has 0 spiro atoms. The summed E-state index contributed by atoms with van der Waals surface area (Å²) in [5.74, 6) is -0.700. The zero-order chi connectivity index (χ0) is 12.6. The molecule has 0 bridgehead atoms. The summed E-state index contributed by atoms with van der Waals surface area (Å²) in [5, 5.41) is 30.3. The van der Waals surface area contributed by atoms with E-state index in [0.29, 0.717) is 0 Å². The van der Waals surface area contributed by atoms with E-state index in [1.54, 1.807) is 0 Å². The normalized spacial score (nSPS) is 32.9. The molecule has 3 atom stereocenters. The van der Waals surface area contributed by atoms with E-state index < -0.39 is 30.3 Å². The molecule has 1 saturated heterocycles. The first kappa shape index (κ1) is 12.4. The van der Waals surface area contributed by atoms with Gasteiger partial charge in [0.15, 0.2) is 5.60 Å². The smallest absolute Gasteiger partial charge is 0.268 e. The van der Waals surface area contributed by atoms with Crippen LogP contribution < -0.4 is 5.73 Å². The first-order valence-corrected chi connectivity index (χ1v) is 5.76. The fraction of sp³-hybridized carbons (Fsp3) is 0.556. The number of hydrogen-bond donors (Lipinski definition) is 4. The van der Waals surface area contributed by atoms with Crippen LogP contribution in [0.25, 0.3) is 0 Å². The van der Waals surface area contributed by atoms with Gasteiger partial charge in [-0.1, -0.05) is 0 Å². The van der Waals surface area contributed by atoms with Crippen LogP contribution in [0, 0.1) is 0 Å². The highest BCUT2D eigenvalue weighted by atomic mass is 32.1. The van der Waals surface area contributed by atoms with Gasteiger partial charge < -0.3 is 25.8 Å². The Morgan fingerprint density at radius 3 is 2.82 bits per heavy atom. The van der Waals surface area contributed by atoms with Crippen molar-refractivity contribution < 1.29 is 24.9 Å². The predicted molar refractivity (Wildman–Crippen MR) is 57.4 cm³/mol. The van der Waals surface area contributed by atoms with Gasteiger partial charge in [0.25, 0.3) is 5.91 Å². The topological polar surface area (TPSA) is 126 Å². The number of primary amides is 1. The molecule has 1 aliphatic rings. The quantitative estimate of drug-likeness (QED) is 0.507. The van der Waals surface area contributed by atoms with E-state index in [-0.39, 0.29) is 17.3 Å². The number of ether oxygens (including phenoxy) is 1. The van der Waals surface area contributed by atoms with Crippen molar-refractivity contribution in [1.29, 1.82) is 0 Å². The van der Waals surface area contributed by atoms with Crippen LogP contribution in [0.4, 0.5) is 0 Å². The summed E-state index contributed by atoms with van der Waals surface area (Å²) in [6.45, 7) is -0.649. The van der Waals surface area contributed by atoms with Crippen molar-refractivity contribution in [1.82, 2.24) is 4.98 Å². The van der Waals surface area contributed by atoms with Gasteiger partial charge in [0.1, 0.15) is 22.9 Å². The Hall–Kier alpha value is -1.06. The van der Waals surface area contributed by atoms with Crippen molar-refractivity contribution >= 4 is 17.2 Å². The number of aliphatic hydroxyl groups is 3. The highest BCUT2D eigenvalue weighted by Gasteiger charge is 2.52. The Labute approximate surface area is 100 Å². The summed E-state index contributed by atoms with van der Waals surface area (Å²) in [5.41, 5.74) is 3.62. The van der Waals surface area contributed by atoms with Gasteiger partial charge in [-0.25, -0.2) is 4.98 Å². The highest BCUT2D eigenvalue weighted by molar-refractivity contribution is 7.10. The van der Waals surface area contributed by atoms with Gasteiger partial charge in [-0.2, -0.15) is 0 Å². The van der Waals surface area contributed by atoms with E-state index in [1.165, 1.54) is 5.38 Å². The van der Waals surface area contributed by atoms with Crippen LogP contribution in [0.1, 0.15) is 15.5 Å². The van der Waals surface area contributed by atoms with Gasteiger partial charge in [0.2, 0.25) is 0 Å². The Morgan fingerprint density at radius 1 is 1.71 bits per heavy atom. The number of aromatic nitrogens is 1. The molecule has 2 rings (SSSR count). The molecule has 0 unspecified atom stereocenters. The molecule has 0 aliphatic carbocycles. The molecule has 1 aliphatic heterocycles. The summed E-state index contributed by atoms with van der Waals surface area (Å²) in [4.78, 5) is 14.8. The number of carbonyl (C=O) groups excluding carboxylic acids is 1. The van der Waals surface area contributed by atoms with Gasteiger partial charge in [0, 0.05) is 5.38 Å². The molecule has 0 radical (unpaired) electrons. The Kier molecular flexibility index (Phi) is 3.15. The second-order valence-electron chi connectivity index (χ2n) is 3.77. The minimum absolute atomic E-state index is 0.0371. The maximum atomic E-state index is 10.9. The maximum Gasteiger partial charge on any atom is 0.268 e. The maximum absolute atomic E-state index is 10.9. The predicted octanol–water partition coefficient (Wildman–Crippen LogP) is -1.82. The van der Waals surface area contributed by atoms with Gasteiger partial charge in [0.05, 0.1) is 13.2 Å². The summed E-state index contributed by atoms with van der Waals surface area (Å²) >= 11 is 1.04. The minimum atomic E-state index is -1.47. The lowest BCUT2D eigenvalue weighted by molar-refractivity contribution is -0.101. The van der Waals surface area contributed by atoms with Crippen molar-refractivity contribution in [2.45, 2.75) is 17.8 Å². The molecule has 17 heavy (non-hydrogen) atoms. The van der Waals surface area contributed by atoms with Crippen molar-refractivity contribution in [3.8, 4) is 0 Å². The van der Waals surface area contributed by atoms with Crippen LogP contribution in [-0.4, -0.2) is 51.6 Å². The average Bonchev–Trinajstić information content (AvgIpc) is 2.88. The Balaban J connectivity index is 2.38. The minimum Gasteiger partial charge on any atom is -0.393 e. The second kappa shape index (κ2) is 4.31. The Bertz CT molecular complexity index is 437. The molecular weight excluding hydrogens is 248 g/mol. The summed E-state index contributed by atoms with van der Waals surface area (Å²) in [6, 6.07) is 0. The molecule has 0 aromatic carbocycles. The standard InChI is InChI=1S/C9H12N2O5S/c10-7(15)4-2-17-8(11-4)9(3-12)6(14)5(13)1-16-9/h2,5-6,12-14H,1,3H2,(H2,10,15)/t5-,6-,9-/m0/s1. The highest BCUT2D eigenvalue weighted by Crippen LogP contribution is 2.37. The number of nitrogens with two attached hydrogens (primary N) is 1. The van der Waals surface area contributed by atoms with Crippen LogP contribution in [0.2, 0.25) is 0 Å². The van der Waals surface area contributed by atoms with Crippen LogP contribution in [-0.2, 0) is 10.3 Å². The van der Waals surface area contributed by atoms with Crippen LogP contribution in [0.5, 0.6) is 0 Å². The Morgan fingerprint density at radius 2 is 2.41 bits per heavy atom. The number of nitrogens with zero attached hydrogens (tertiary/aromatic N) is 1. The van der Waals surface area contributed by atoms with Crippen molar-refractivity contribution in [2.24, 2.45) is 5.73 Å². The van der Waals surface area contributed by atoms with Gasteiger partial charge in [-0.05, 0) is 0 Å². The number of amides is 1. The molecule has 1 fully saturated rings. The van der Waals surface area contributed by atoms with E-state index in [1.807, 2.05) is 0 Å². The van der Waals surface area contributed by atoms with Crippen molar-refractivity contribution in [3.63, 3.8) is 0 Å². The fourth-order valence-corrected chi connectivity index (χ4v) is 2.68.